The van der Waals surface area contributed by atoms with Gasteiger partial charge in [-0.25, -0.2) is 0 Å². The number of hydrogen-bond acceptors (Lipinski definition) is 3. The zero-order valence-corrected chi connectivity index (χ0v) is 10.4. The van der Waals surface area contributed by atoms with Crippen molar-refractivity contribution in [3.63, 3.8) is 0 Å². The van der Waals surface area contributed by atoms with Gasteiger partial charge in [0, 0.05) is 12.6 Å². The molecule has 0 aromatic heterocycles. The van der Waals surface area contributed by atoms with E-state index in [0.29, 0.717) is 11.7 Å². The molecule has 0 aliphatic heterocycles. The number of hydrogen-bond donors (Lipinski definition) is 2. The summed E-state index contributed by atoms with van der Waals surface area (Å²) in [5.74, 6) is 0.741. The van der Waals surface area contributed by atoms with E-state index in [1.54, 1.807) is 7.11 Å². The summed E-state index contributed by atoms with van der Waals surface area (Å²) in [6, 6.07) is 6.47. The lowest BCUT2D eigenvalue weighted by Gasteiger charge is -2.13. The molecule has 3 nitrogen and oxygen atoms in total. The van der Waals surface area contributed by atoms with Gasteiger partial charge in [-0.05, 0) is 31.0 Å². The number of nitrogens with two attached hydrogens (primary N) is 1. The van der Waals surface area contributed by atoms with Crippen molar-refractivity contribution < 1.29 is 4.74 Å². The molecule has 0 spiro atoms. The fraction of sp³-hybridized carbons (Fsp3) is 0.538. The van der Waals surface area contributed by atoms with Crippen molar-refractivity contribution in [2.75, 3.05) is 12.8 Å². The van der Waals surface area contributed by atoms with Gasteiger partial charge in [0.05, 0.1) is 12.8 Å². The van der Waals surface area contributed by atoms with E-state index in [9.17, 15) is 0 Å². The van der Waals surface area contributed by atoms with Crippen molar-refractivity contribution in [3.05, 3.63) is 23.8 Å². The van der Waals surface area contributed by atoms with Crippen molar-refractivity contribution in [1.82, 2.24) is 5.32 Å². The van der Waals surface area contributed by atoms with Crippen molar-refractivity contribution in [1.29, 1.82) is 0 Å². The average Bonchev–Trinajstić information content (AvgIpc) is 2.27. The Kier molecular flexibility index (Phi) is 5.12. The summed E-state index contributed by atoms with van der Waals surface area (Å²) in [6.07, 6.45) is 2.41. The van der Waals surface area contributed by atoms with Gasteiger partial charge in [0.25, 0.3) is 0 Å². The molecular weight excluding hydrogens is 200 g/mol. The van der Waals surface area contributed by atoms with Crippen molar-refractivity contribution in [2.45, 2.75) is 39.3 Å². The number of rotatable bonds is 6. The van der Waals surface area contributed by atoms with Gasteiger partial charge in [-0.15, -0.1) is 0 Å². The van der Waals surface area contributed by atoms with Crippen molar-refractivity contribution >= 4 is 5.69 Å². The maximum atomic E-state index is 5.84. The second kappa shape index (κ2) is 6.38. The van der Waals surface area contributed by atoms with Gasteiger partial charge < -0.3 is 15.8 Å². The molecule has 0 saturated carbocycles. The van der Waals surface area contributed by atoms with Gasteiger partial charge in [-0.2, -0.15) is 0 Å². The Hall–Kier alpha value is -1.22. The SMILES string of the molecule is CCCC(C)NCc1ccc(OC)c(N)c1. The van der Waals surface area contributed by atoms with Gasteiger partial charge in [0.15, 0.2) is 0 Å². The predicted molar refractivity (Wildman–Crippen MR) is 68.6 cm³/mol. The highest BCUT2D eigenvalue weighted by atomic mass is 16.5. The first-order valence-electron chi connectivity index (χ1n) is 5.83. The summed E-state index contributed by atoms with van der Waals surface area (Å²) in [5, 5.41) is 3.47. The third-order valence-electron chi connectivity index (χ3n) is 2.67. The van der Waals surface area contributed by atoms with E-state index in [4.69, 9.17) is 10.5 Å². The maximum Gasteiger partial charge on any atom is 0.141 e. The van der Waals surface area contributed by atoms with Crippen LogP contribution >= 0.6 is 0 Å². The Morgan fingerprint density at radius 1 is 1.44 bits per heavy atom. The van der Waals surface area contributed by atoms with Crippen LogP contribution in [0.5, 0.6) is 5.75 Å². The number of nitrogens with one attached hydrogen (secondary N) is 1. The molecule has 0 radical (unpaired) electrons. The Morgan fingerprint density at radius 2 is 2.19 bits per heavy atom. The first-order chi connectivity index (χ1) is 7.67. The Balaban J connectivity index is 2.51. The lowest BCUT2D eigenvalue weighted by Crippen LogP contribution is -2.25. The Morgan fingerprint density at radius 3 is 2.75 bits per heavy atom. The zero-order chi connectivity index (χ0) is 12.0. The molecule has 1 aromatic carbocycles. The van der Waals surface area contributed by atoms with Crippen LogP contribution in [0.2, 0.25) is 0 Å². The molecule has 1 atom stereocenters. The highest BCUT2D eigenvalue weighted by Gasteiger charge is 2.02. The van der Waals surface area contributed by atoms with E-state index >= 15 is 0 Å². The molecule has 16 heavy (non-hydrogen) atoms. The number of methoxy groups -OCH3 is 1. The minimum Gasteiger partial charge on any atom is -0.495 e. The van der Waals surface area contributed by atoms with Crippen LogP contribution in [0.4, 0.5) is 5.69 Å². The summed E-state index contributed by atoms with van der Waals surface area (Å²) < 4.78 is 5.12. The van der Waals surface area contributed by atoms with E-state index in [1.165, 1.54) is 18.4 Å². The molecule has 3 heteroatoms. The van der Waals surface area contributed by atoms with Crippen molar-refractivity contribution in [2.24, 2.45) is 0 Å². The molecule has 0 saturated heterocycles. The van der Waals surface area contributed by atoms with E-state index in [-0.39, 0.29) is 0 Å². The van der Waals surface area contributed by atoms with Gasteiger partial charge in [0.1, 0.15) is 5.75 Å². The highest BCUT2D eigenvalue weighted by Crippen LogP contribution is 2.21. The van der Waals surface area contributed by atoms with Crippen molar-refractivity contribution in [3.8, 4) is 5.75 Å². The van der Waals surface area contributed by atoms with Crippen LogP contribution in [0.25, 0.3) is 0 Å². The summed E-state index contributed by atoms with van der Waals surface area (Å²) >= 11 is 0. The molecule has 3 N–H and O–H groups in total. The first kappa shape index (κ1) is 12.8. The smallest absolute Gasteiger partial charge is 0.141 e. The van der Waals surface area contributed by atoms with Crippen LogP contribution in [0.1, 0.15) is 32.3 Å². The molecule has 0 amide bonds. The predicted octanol–water partition coefficient (Wildman–Crippen LogP) is 2.56. The third kappa shape index (κ3) is 3.74. The molecule has 1 rings (SSSR count). The largest absolute Gasteiger partial charge is 0.495 e. The topological polar surface area (TPSA) is 47.3 Å². The third-order valence-corrected chi connectivity index (χ3v) is 2.67. The van der Waals surface area contributed by atoms with Crippen LogP contribution in [0, 0.1) is 0 Å². The van der Waals surface area contributed by atoms with E-state index in [2.05, 4.69) is 19.2 Å². The minimum absolute atomic E-state index is 0.549. The Bertz CT molecular complexity index is 326. The zero-order valence-electron chi connectivity index (χ0n) is 10.4. The van der Waals surface area contributed by atoms with E-state index in [1.807, 2.05) is 18.2 Å². The molecule has 0 bridgehead atoms. The van der Waals surface area contributed by atoms with Crippen LogP contribution in [0.15, 0.2) is 18.2 Å². The fourth-order valence-electron chi connectivity index (χ4n) is 1.72. The second-order valence-corrected chi connectivity index (χ2v) is 4.15. The number of ether oxygens (including phenoxy) is 1. The summed E-state index contributed by atoms with van der Waals surface area (Å²) in [5.41, 5.74) is 7.74. The van der Waals surface area contributed by atoms with E-state index in [0.717, 1.165) is 12.3 Å². The van der Waals surface area contributed by atoms with Crippen LogP contribution in [-0.4, -0.2) is 13.2 Å². The fourth-order valence-corrected chi connectivity index (χ4v) is 1.72. The highest BCUT2D eigenvalue weighted by molar-refractivity contribution is 5.54. The molecule has 90 valence electrons. The van der Waals surface area contributed by atoms with Gasteiger partial charge in [-0.1, -0.05) is 19.4 Å². The molecule has 1 unspecified atom stereocenters. The summed E-state index contributed by atoms with van der Waals surface area (Å²) in [4.78, 5) is 0. The monoisotopic (exact) mass is 222 g/mol. The average molecular weight is 222 g/mol. The lowest BCUT2D eigenvalue weighted by atomic mass is 10.1. The van der Waals surface area contributed by atoms with Crippen LogP contribution in [0.3, 0.4) is 0 Å². The lowest BCUT2D eigenvalue weighted by molar-refractivity contribution is 0.416. The maximum absolute atomic E-state index is 5.84. The second-order valence-electron chi connectivity index (χ2n) is 4.15. The number of anilines is 1. The van der Waals surface area contributed by atoms with Crippen LogP contribution in [-0.2, 0) is 6.54 Å². The molecule has 1 aromatic rings. The normalized spacial score (nSPS) is 12.4. The molecular formula is C13H22N2O. The molecule has 0 aliphatic rings. The number of nitrogen functional groups attached to an aromatic ring is 1. The number of benzene rings is 1. The first-order valence-corrected chi connectivity index (χ1v) is 5.83. The summed E-state index contributed by atoms with van der Waals surface area (Å²) in [7, 11) is 1.63. The van der Waals surface area contributed by atoms with Gasteiger partial charge in [0.2, 0.25) is 0 Å². The minimum atomic E-state index is 0.549. The van der Waals surface area contributed by atoms with Gasteiger partial charge >= 0.3 is 0 Å². The molecule has 0 aliphatic carbocycles. The quantitative estimate of drug-likeness (QED) is 0.727. The summed E-state index contributed by atoms with van der Waals surface area (Å²) in [6.45, 7) is 5.26. The van der Waals surface area contributed by atoms with Crippen LogP contribution < -0.4 is 15.8 Å². The molecule has 0 fully saturated rings. The molecule has 0 heterocycles. The Labute approximate surface area is 98.0 Å². The van der Waals surface area contributed by atoms with Gasteiger partial charge in [-0.3, -0.25) is 0 Å². The standard InChI is InChI=1S/C13H22N2O/c1-4-5-10(2)15-9-11-6-7-13(16-3)12(14)8-11/h6-8,10,15H,4-5,9,14H2,1-3H3. The van der Waals surface area contributed by atoms with E-state index < -0.39 is 0 Å².